The highest BCUT2D eigenvalue weighted by molar-refractivity contribution is 7.89. The molecule has 168 valence electrons. The molecule has 32 heavy (non-hydrogen) atoms. The molecule has 2 amide bonds. The first-order valence-corrected chi connectivity index (χ1v) is 11.2. The van der Waals surface area contributed by atoms with Crippen molar-refractivity contribution in [3.63, 3.8) is 0 Å². The Balaban J connectivity index is 1.42. The zero-order valence-corrected chi connectivity index (χ0v) is 17.5. The highest BCUT2D eigenvalue weighted by Gasteiger charge is 2.44. The Hall–Kier alpha value is -3.15. The molecule has 0 aliphatic carbocycles. The Morgan fingerprint density at radius 2 is 1.66 bits per heavy atom. The van der Waals surface area contributed by atoms with E-state index >= 15 is 0 Å². The summed E-state index contributed by atoms with van der Waals surface area (Å²) in [6.07, 6.45) is -1.26. The second-order valence-electron chi connectivity index (χ2n) is 7.41. The van der Waals surface area contributed by atoms with Gasteiger partial charge < -0.3 is 9.84 Å². The number of β-amino-alcohol motifs (C(OH)–C–C–N with tert-alkyl or cyclic N) is 1. The van der Waals surface area contributed by atoms with E-state index in [1.165, 1.54) is 12.1 Å². The Morgan fingerprint density at radius 1 is 1.06 bits per heavy atom. The summed E-state index contributed by atoms with van der Waals surface area (Å²) >= 11 is 0. The Bertz CT molecular complexity index is 1150. The maximum atomic E-state index is 13.2. The van der Waals surface area contributed by atoms with Gasteiger partial charge in [-0.2, -0.15) is 4.31 Å². The van der Waals surface area contributed by atoms with Crippen LogP contribution in [0.3, 0.4) is 0 Å². The van der Waals surface area contributed by atoms with Gasteiger partial charge in [0.25, 0.3) is 11.8 Å². The van der Waals surface area contributed by atoms with Gasteiger partial charge in [-0.05, 0) is 36.4 Å². The van der Waals surface area contributed by atoms with E-state index in [9.17, 15) is 32.3 Å². The molecule has 2 aromatic carbocycles. The molecule has 11 heteroatoms. The van der Waals surface area contributed by atoms with Gasteiger partial charge in [0.15, 0.2) is 0 Å². The van der Waals surface area contributed by atoms with Crippen molar-refractivity contribution in [3.05, 3.63) is 65.5 Å². The van der Waals surface area contributed by atoms with Crippen LogP contribution in [0.5, 0.6) is 0 Å². The van der Waals surface area contributed by atoms with Crippen LogP contribution in [0.15, 0.2) is 53.4 Å². The van der Waals surface area contributed by atoms with Gasteiger partial charge in [-0.3, -0.25) is 19.3 Å². The van der Waals surface area contributed by atoms with Crippen LogP contribution >= 0.6 is 0 Å². The molecule has 2 atom stereocenters. The number of ether oxygens (including phenoxy) is 1. The summed E-state index contributed by atoms with van der Waals surface area (Å²) in [5.41, 5.74) is 0.526. The average Bonchev–Trinajstić information content (AvgIpc) is 3.28. The van der Waals surface area contributed by atoms with Crippen molar-refractivity contribution in [3.8, 4) is 0 Å². The third kappa shape index (κ3) is 3.90. The molecular weight excluding hydrogens is 443 g/mol. The summed E-state index contributed by atoms with van der Waals surface area (Å²) in [7, 11) is -4.19. The number of hydrogen-bond acceptors (Lipinski definition) is 7. The van der Waals surface area contributed by atoms with Crippen LogP contribution < -0.4 is 0 Å². The number of sulfonamides is 1. The molecule has 0 bridgehead atoms. The summed E-state index contributed by atoms with van der Waals surface area (Å²) < 4.78 is 44.9. The highest BCUT2D eigenvalue weighted by atomic mass is 32.2. The minimum atomic E-state index is -4.19. The number of rotatable bonds is 6. The van der Waals surface area contributed by atoms with Crippen molar-refractivity contribution in [2.75, 3.05) is 19.7 Å². The first kappa shape index (κ1) is 22.1. The first-order valence-electron chi connectivity index (χ1n) is 9.77. The van der Waals surface area contributed by atoms with Gasteiger partial charge in [0.2, 0.25) is 10.0 Å². The molecule has 0 spiro atoms. The second kappa shape index (κ2) is 8.41. The number of nitrogens with zero attached hydrogens (tertiary/aromatic N) is 2. The van der Waals surface area contributed by atoms with Crippen LogP contribution in [0.4, 0.5) is 4.39 Å². The zero-order chi connectivity index (χ0) is 23.0. The van der Waals surface area contributed by atoms with E-state index < -0.39 is 45.8 Å². The fourth-order valence-electron chi connectivity index (χ4n) is 3.78. The van der Waals surface area contributed by atoms with Gasteiger partial charge in [-0.1, -0.05) is 12.1 Å². The molecule has 0 radical (unpaired) electrons. The number of aliphatic hydroxyl groups excluding tert-OH is 1. The Labute approximate surface area is 183 Å². The van der Waals surface area contributed by atoms with Crippen LogP contribution in [0.2, 0.25) is 0 Å². The van der Waals surface area contributed by atoms with Gasteiger partial charge in [-0.15, -0.1) is 0 Å². The number of amides is 2. The molecule has 4 rings (SSSR count). The Kier molecular flexibility index (Phi) is 5.80. The van der Waals surface area contributed by atoms with Crippen molar-refractivity contribution in [1.82, 2.24) is 9.21 Å². The van der Waals surface area contributed by atoms with E-state index in [1.807, 2.05) is 0 Å². The highest BCUT2D eigenvalue weighted by Crippen LogP contribution is 2.28. The molecule has 1 saturated heterocycles. The third-order valence-electron chi connectivity index (χ3n) is 5.36. The number of carbonyl (C=O) groups is 3. The number of imide groups is 1. The summed E-state index contributed by atoms with van der Waals surface area (Å²) in [5, 5.41) is 9.97. The molecule has 2 aliphatic rings. The minimum Gasteiger partial charge on any atom is -0.463 e. The molecule has 2 aromatic rings. The summed E-state index contributed by atoms with van der Waals surface area (Å²) in [6, 6.07) is 9.13. The lowest BCUT2D eigenvalue weighted by Crippen LogP contribution is -2.42. The molecule has 1 unspecified atom stereocenters. The van der Waals surface area contributed by atoms with Crippen LogP contribution in [-0.2, 0) is 19.6 Å². The van der Waals surface area contributed by atoms with E-state index in [4.69, 9.17) is 4.74 Å². The summed E-state index contributed by atoms with van der Waals surface area (Å²) in [5.74, 6) is -2.53. The molecule has 2 aliphatic heterocycles. The fraction of sp³-hybridized carbons (Fsp3) is 0.286. The van der Waals surface area contributed by atoms with Gasteiger partial charge in [0.1, 0.15) is 18.5 Å². The predicted octanol–water partition coefficient (Wildman–Crippen LogP) is 0.789. The van der Waals surface area contributed by atoms with E-state index in [0.717, 1.165) is 33.5 Å². The number of aliphatic hydroxyl groups is 1. The monoisotopic (exact) mass is 462 g/mol. The lowest BCUT2D eigenvalue weighted by molar-refractivity contribution is -0.147. The molecule has 9 nitrogen and oxygen atoms in total. The van der Waals surface area contributed by atoms with Gasteiger partial charge in [0.05, 0.1) is 28.7 Å². The second-order valence-corrected chi connectivity index (χ2v) is 9.30. The smallest absolute Gasteiger partial charge is 0.324 e. The standard InChI is InChI=1S/C21H19FN2O7S/c22-13-5-7-15(8-6-13)32(29,30)24-12-14(25)11-18(24)21(28)31-10-9-23-19(26)16-3-1-2-4-17(16)20(23)27/h1-8,14,18,25H,9-12H2/t14?,18-/m0/s1. The van der Waals surface area contributed by atoms with Crippen LogP contribution in [0.25, 0.3) is 0 Å². The van der Waals surface area contributed by atoms with Crippen molar-refractivity contribution < 1.29 is 37.0 Å². The maximum Gasteiger partial charge on any atom is 0.324 e. The fourth-order valence-corrected chi connectivity index (χ4v) is 5.41. The lowest BCUT2D eigenvalue weighted by Gasteiger charge is -2.23. The normalized spacial score (nSPS) is 21.1. The molecule has 2 heterocycles. The number of fused-ring (bicyclic) bond motifs is 1. The molecule has 1 fully saturated rings. The zero-order valence-electron chi connectivity index (χ0n) is 16.7. The summed E-state index contributed by atoms with van der Waals surface area (Å²) in [4.78, 5) is 38.1. The predicted molar refractivity (Wildman–Crippen MR) is 107 cm³/mol. The van der Waals surface area contributed by atoms with E-state index in [1.54, 1.807) is 12.1 Å². The number of esters is 1. The van der Waals surface area contributed by atoms with Crippen molar-refractivity contribution >= 4 is 27.8 Å². The molecular formula is C21H19FN2O7S. The number of carbonyl (C=O) groups excluding carboxylic acids is 3. The van der Waals surface area contributed by atoms with Gasteiger partial charge in [-0.25, -0.2) is 12.8 Å². The minimum absolute atomic E-state index is 0.174. The largest absolute Gasteiger partial charge is 0.463 e. The van der Waals surface area contributed by atoms with E-state index in [-0.39, 0.29) is 42.1 Å². The molecule has 0 aromatic heterocycles. The maximum absolute atomic E-state index is 13.2. The van der Waals surface area contributed by atoms with Crippen LogP contribution in [0.1, 0.15) is 27.1 Å². The van der Waals surface area contributed by atoms with Crippen LogP contribution in [-0.4, -0.2) is 72.4 Å². The lowest BCUT2D eigenvalue weighted by atomic mass is 10.1. The average molecular weight is 462 g/mol. The van der Waals surface area contributed by atoms with Crippen molar-refractivity contribution in [1.29, 1.82) is 0 Å². The topological polar surface area (TPSA) is 121 Å². The number of benzene rings is 2. The van der Waals surface area contributed by atoms with Crippen LogP contribution in [0, 0.1) is 5.82 Å². The first-order chi connectivity index (χ1) is 15.2. The number of hydrogen-bond donors (Lipinski definition) is 1. The van der Waals surface area contributed by atoms with Crippen molar-refractivity contribution in [2.45, 2.75) is 23.5 Å². The Morgan fingerprint density at radius 3 is 2.25 bits per heavy atom. The third-order valence-corrected chi connectivity index (χ3v) is 7.25. The molecule has 0 saturated carbocycles. The quantitative estimate of drug-likeness (QED) is 0.498. The molecule has 1 N–H and O–H groups in total. The van der Waals surface area contributed by atoms with E-state index in [2.05, 4.69) is 0 Å². The number of halogens is 1. The SMILES string of the molecule is O=C(OCCN1C(=O)c2ccccc2C1=O)[C@@H]1CC(O)CN1S(=O)(=O)c1ccc(F)cc1. The van der Waals surface area contributed by atoms with Gasteiger partial charge >= 0.3 is 5.97 Å². The van der Waals surface area contributed by atoms with Gasteiger partial charge in [0, 0.05) is 13.0 Å². The van der Waals surface area contributed by atoms with E-state index in [0.29, 0.717) is 0 Å². The van der Waals surface area contributed by atoms with Crippen molar-refractivity contribution in [2.24, 2.45) is 0 Å². The summed E-state index contributed by atoms with van der Waals surface area (Å²) in [6.45, 7) is -0.850.